The Kier molecular flexibility index (Phi) is 4.90. The van der Waals surface area contributed by atoms with Crippen LogP contribution < -0.4 is 14.8 Å². The normalized spacial score (nSPS) is 28.4. The molecule has 1 spiro atoms. The zero-order valence-corrected chi connectivity index (χ0v) is 16.5. The molecule has 160 valence electrons. The van der Waals surface area contributed by atoms with E-state index < -0.39 is 6.36 Å². The van der Waals surface area contributed by atoms with Crippen molar-refractivity contribution in [3.8, 4) is 11.5 Å². The maximum Gasteiger partial charge on any atom is 0.573 e. The Labute approximate surface area is 173 Å². The fraction of sp³-hybridized carbons (Fsp3) is 0.478. The number of hydrogen-bond donors (Lipinski definition) is 1. The van der Waals surface area contributed by atoms with E-state index in [4.69, 9.17) is 9.47 Å². The minimum Gasteiger partial charge on any atom is -0.493 e. The Morgan fingerprint density at radius 3 is 2.77 bits per heavy atom. The van der Waals surface area contributed by atoms with E-state index in [1.807, 2.05) is 18.2 Å². The van der Waals surface area contributed by atoms with Crippen LogP contribution in [0.1, 0.15) is 47.9 Å². The molecular weight excluding hydrogens is 395 g/mol. The second kappa shape index (κ2) is 7.46. The third-order valence-electron chi connectivity index (χ3n) is 6.41. The van der Waals surface area contributed by atoms with Gasteiger partial charge < -0.3 is 19.5 Å². The molecule has 30 heavy (non-hydrogen) atoms. The van der Waals surface area contributed by atoms with Crippen LogP contribution in [0.4, 0.5) is 13.2 Å². The van der Waals surface area contributed by atoms with Gasteiger partial charge in [-0.1, -0.05) is 30.3 Å². The van der Waals surface area contributed by atoms with Gasteiger partial charge in [0, 0.05) is 23.5 Å². The predicted molar refractivity (Wildman–Crippen MR) is 105 cm³/mol. The quantitative estimate of drug-likeness (QED) is 0.769. The fourth-order valence-corrected chi connectivity index (χ4v) is 5.21. The van der Waals surface area contributed by atoms with Gasteiger partial charge in [-0.3, -0.25) is 0 Å². The number of rotatable bonds is 3. The lowest BCUT2D eigenvalue weighted by Crippen LogP contribution is -2.48. The standard InChI is InChI=1S/C23H24F3NO3/c24-23(25,26)30-18-11-16-7-10-28-20(16)19(12-18)17-13-22(29-14-17)8-4-9-27-21(22)15-5-2-1-3-6-15/h1-3,5-6,11-12,17,21,27H,4,7-10,13-14H2/t17-,21+,22-/m1/s1. The highest BCUT2D eigenvalue weighted by molar-refractivity contribution is 5.51. The van der Waals surface area contributed by atoms with Crippen LogP contribution in [0.2, 0.25) is 0 Å². The summed E-state index contributed by atoms with van der Waals surface area (Å²) < 4.78 is 55.0. The lowest BCUT2D eigenvalue weighted by molar-refractivity contribution is -0.274. The van der Waals surface area contributed by atoms with E-state index in [0.717, 1.165) is 36.9 Å². The van der Waals surface area contributed by atoms with Crippen molar-refractivity contribution in [3.05, 3.63) is 59.2 Å². The molecule has 4 nitrogen and oxygen atoms in total. The van der Waals surface area contributed by atoms with E-state index in [9.17, 15) is 13.2 Å². The third-order valence-corrected chi connectivity index (χ3v) is 6.41. The molecular formula is C23H24F3NO3. The van der Waals surface area contributed by atoms with Crippen molar-refractivity contribution in [3.63, 3.8) is 0 Å². The van der Waals surface area contributed by atoms with Crippen molar-refractivity contribution in [1.82, 2.24) is 5.32 Å². The molecule has 3 aliphatic rings. The molecule has 0 saturated carbocycles. The van der Waals surface area contributed by atoms with Gasteiger partial charge in [0.2, 0.25) is 0 Å². The number of ether oxygens (including phenoxy) is 3. The average molecular weight is 419 g/mol. The lowest BCUT2D eigenvalue weighted by Gasteiger charge is -2.41. The molecule has 2 fully saturated rings. The van der Waals surface area contributed by atoms with Gasteiger partial charge in [-0.25, -0.2) is 0 Å². The smallest absolute Gasteiger partial charge is 0.493 e. The van der Waals surface area contributed by atoms with E-state index in [-0.39, 0.29) is 23.3 Å². The summed E-state index contributed by atoms with van der Waals surface area (Å²) in [6.45, 7) is 1.85. The van der Waals surface area contributed by atoms with E-state index in [0.29, 0.717) is 25.4 Å². The number of benzene rings is 2. The highest BCUT2D eigenvalue weighted by atomic mass is 19.4. The second-order valence-corrected chi connectivity index (χ2v) is 8.33. The first-order valence-electron chi connectivity index (χ1n) is 10.4. The number of piperidine rings is 1. The molecule has 5 rings (SSSR count). The summed E-state index contributed by atoms with van der Waals surface area (Å²) >= 11 is 0. The Balaban J connectivity index is 1.47. The van der Waals surface area contributed by atoms with Gasteiger partial charge in [0.25, 0.3) is 0 Å². The zero-order valence-electron chi connectivity index (χ0n) is 16.5. The average Bonchev–Trinajstić information content (AvgIpc) is 3.35. The summed E-state index contributed by atoms with van der Waals surface area (Å²) in [5.41, 5.74) is 2.33. The molecule has 0 aliphatic carbocycles. The Bertz CT molecular complexity index is 918. The minimum atomic E-state index is -4.72. The Hall–Kier alpha value is -2.25. The van der Waals surface area contributed by atoms with Crippen LogP contribution in [0.15, 0.2) is 42.5 Å². The van der Waals surface area contributed by atoms with Crippen LogP contribution in [0.3, 0.4) is 0 Å². The molecule has 0 radical (unpaired) electrons. The minimum absolute atomic E-state index is 0.0419. The van der Waals surface area contributed by atoms with Gasteiger partial charge in [0.15, 0.2) is 0 Å². The lowest BCUT2D eigenvalue weighted by atomic mass is 9.76. The van der Waals surface area contributed by atoms with Gasteiger partial charge >= 0.3 is 6.36 Å². The first-order valence-corrected chi connectivity index (χ1v) is 10.4. The van der Waals surface area contributed by atoms with Gasteiger partial charge in [-0.05, 0) is 43.5 Å². The second-order valence-electron chi connectivity index (χ2n) is 8.33. The highest BCUT2D eigenvalue weighted by Gasteiger charge is 2.49. The van der Waals surface area contributed by atoms with Crippen molar-refractivity contribution in [2.45, 2.75) is 49.6 Å². The van der Waals surface area contributed by atoms with Crippen molar-refractivity contribution >= 4 is 0 Å². The predicted octanol–water partition coefficient (Wildman–Crippen LogP) is 4.89. The fourth-order valence-electron chi connectivity index (χ4n) is 5.21. The zero-order chi connectivity index (χ0) is 20.8. The Morgan fingerprint density at radius 1 is 1.13 bits per heavy atom. The molecule has 2 aromatic rings. The van der Waals surface area contributed by atoms with Gasteiger partial charge in [0.05, 0.1) is 24.9 Å². The van der Waals surface area contributed by atoms with Gasteiger partial charge in [0.1, 0.15) is 11.5 Å². The number of nitrogens with one attached hydrogen (secondary N) is 1. The first-order chi connectivity index (χ1) is 14.4. The van der Waals surface area contributed by atoms with Crippen molar-refractivity contribution in [2.24, 2.45) is 0 Å². The van der Waals surface area contributed by atoms with Crippen LogP contribution in [-0.2, 0) is 11.2 Å². The van der Waals surface area contributed by atoms with Crippen molar-refractivity contribution < 1.29 is 27.4 Å². The molecule has 0 bridgehead atoms. The number of hydrogen-bond acceptors (Lipinski definition) is 4. The summed E-state index contributed by atoms with van der Waals surface area (Å²) in [5, 5.41) is 3.61. The highest BCUT2D eigenvalue weighted by Crippen LogP contribution is 2.51. The molecule has 0 unspecified atom stereocenters. The summed E-state index contributed by atoms with van der Waals surface area (Å²) in [6, 6.07) is 13.2. The summed E-state index contributed by atoms with van der Waals surface area (Å²) in [5.74, 6) is 0.485. The number of alkyl halides is 3. The number of fused-ring (bicyclic) bond motifs is 1. The van der Waals surface area contributed by atoms with Crippen LogP contribution in [-0.4, -0.2) is 31.7 Å². The molecule has 2 aromatic carbocycles. The molecule has 2 saturated heterocycles. The monoisotopic (exact) mass is 419 g/mol. The summed E-state index contributed by atoms with van der Waals surface area (Å²) in [4.78, 5) is 0. The largest absolute Gasteiger partial charge is 0.573 e. The van der Waals surface area contributed by atoms with Crippen molar-refractivity contribution in [2.75, 3.05) is 19.8 Å². The summed E-state index contributed by atoms with van der Waals surface area (Å²) in [7, 11) is 0. The van der Waals surface area contributed by atoms with Crippen LogP contribution >= 0.6 is 0 Å². The number of halogens is 3. The van der Waals surface area contributed by atoms with Crippen LogP contribution in [0, 0.1) is 0 Å². The SMILES string of the molecule is FC(F)(F)Oc1cc2c(c([C@H]3CO[C@]4(CCCN[C@H]4c4ccccc4)C3)c1)OCC2. The maximum absolute atomic E-state index is 12.8. The molecule has 1 N–H and O–H groups in total. The van der Waals surface area contributed by atoms with E-state index in [1.165, 1.54) is 17.7 Å². The van der Waals surface area contributed by atoms with Gasteiger partial charge in [-0.2, -0.15) is 0 Å². The van der Waals surface area contributed by atoms with E-state index in [2.05, 4.69) is 22.2 Å². The van der Waals surface area contributed by atoms with Crippen molar-refractivity contribution in [1.29, 1.82) is 0 Å². The third kappa shape index (κ3) is 3.65. The maximum atomic E-state index is 12.8. The Morgan fingerprint density at radius 2 is 1.97 bits per heavy atom. The molecule has 7 heteroatoms. The molecule has 3 aliphatic heterocycles. The molecule has 0 aromatic heterocycles. The van der Waals surface area contributed by atoms with Crippen LogP contribution in [0.25, 0.3) is 0 Å². The van der Waals surface area contributed by atoms with Crippen LogP contribution in [0.5, 0.6) is 11.5 Å². The molecule has 3 atom stereocenters. The summed E-state index contributed by atoms with van der Waals surface area (Å²) in [6.07, 6.45) is -1.49. The van der Waals surface area contributed by atoms with E-state index in [1.54, 1.807) is 0 Å². The molecule has 3 heterocycles. The molecule has 0 amide bonds. The first kappa shape index (κ1) is 19.7. The van der Waals surface area contributed by atoms with E-state index >= 15 is 0 Å². The van der Waals surface area contributed by atoms with Gasteiger partial charge in [-0.15, -0.1) is 13.2 Å². The topological polar surface area (TPSA) is 39.7 Å².